The molecule has 1 N–H and O–H groups in total. The van der Waals surface area contributed by atoms with Gasteiger partial charge >= 0.3 is 0 Å². The lowest BCUT2D eigenvalue weighted by atomic mass is 10.3. The van der Waals surface area contributed by atoms with Gasteiger partial charge in [0.25, 0.3) is 0 Å². The van der Waals surface area contributed by atoms with Crippen LogP contribution in [0.15, 0.2) is 34.9 Å². The summed E-state index contributed by atoms with van der Waals surface area (Å²) in [5.41, 5.74) is 1.67. The molecule has 14 heavy (non-hydrogen) atoms. The van der Waals surface area contributed by atoms with E-state index >= 15 is 0 Å². The molecular formula is C10H9BrN2O. The number of phenols is 1. The van der Waals surface area contributed by atoms with E-state index in [9.17, 15) is 5.11 Å². The molecule has 0 radical (unpaired) electrons. The standard InChI is InChI=1S/C10H9BrN2O/c1-7-4-5-12-13(7)9-6-8(11)2-3-10(9)14/h2-6,14H,1H3. The fourth-order valence-electron chi connectivity index (χ4n) is 1.29. The maximum absolute atomic E-state index is 9.65. The van der Waals surface area contributed by atoms with Crippen molar-refractivity contribution in [1.29, 1.82) is 0 Å². The number of aromatic hydroxyl groups is 1. The summed E-state index contributed by atoms with van der Waals surface area (Å²) in [5.74, 6) is 0.222. The lowest BCUT2D eigenvalue weighted by molar-refractivity contribution is 0.470. The van der Waals surface area contributed by atoms with Gasteiger partial charge < -0.3 is 5.11 Å². The number of nitrogens with zero attached hydrogens (tertiary/aromatic N) is 2. The van der Waals surface area contributed by atoms with Crippen molar-refractivity contribution in [3.63, 3.8) is 0 Å². The highest BCUT2D eigenvalue weighted by atomic mass is 79.9. The average Bonchev–Trinajstić information content (AvgIpc) is 2.56. The van der Waals surface area contributed by atoms with Crippen LogP contribution in [0.4, 0.5) is 0 Å². The molecule has 1 aromatic carbocycles. The third-order valence-corrected chi connectivity index (χ3v) is 2.49. The van der Waals surface area contributed by atoms with E-state index in [1.54, 1.807) is 23.0 Å². The molecule has 0 spiro atoms. The van der Waals surface area contributed by atoms with E-state index in [2.05, 4.69) is 21.0 Å². The zero-order chi connectivity index (χ0) is 10.1. The summed E-state index contributed by atoms with van der Waals surface area (Å²) in [5, 5.41) is 13.8. The molecule has 0 aliphatic carbocycles. The first-order chi connectivity index (χ1) is 6.68. The van der Waals surface area contributed by atoms with Gasteiger partial charge in [-0.1, -0.05) is 15.9 Å². The Morgan fingerprint density at radius 2 is 2.14 bits per heavy atom. The lowest BCUT2D eigenvalue weighted by Crippen LogP contribution is -1.98. The fourth-order valence-corrected chi connectivity index (χ4v) is 1.64. The van der Waals surface area contributed by atoms with Crippen molar-refractivity contribution in [2.75, 3.05) is 0 Å². The second-order valence-corrected chi connectivity index (χ2v) is 3.93. The van der Waals surface area contributed by atoms with Crippen molar-refractivity contribution in [2.45, 2.75) is 6.92 Å². The van der Waals surface area contributed by atoms with Crippen LogP contribution in [0, 0.1) is 6.92 Å². The maximum atomic E-state index is 9.65. The minimum atomic E-state index is 0.222. The third kappa shape index (κ3) is 1.53. The van der Waals surface area contributed by atoms with Gasteiger partial charge in [-0.05, 0) is 31.2 Å². The molecule has 0 saturated carbocycles. The summed E-state index contributed by atoms with van der Waals surface area (Å²) in [6.07, 6.45) is 1.70. The van der Waals surface area contributed by atoms with Crippen LogP contribution in [-0.4, -0.2) is 14.9 Å². The Labute approximate surface area is 90.1 Å². The predicted molar refractivity (Wildman–Crippen MR) is 57.7 cm³/mol. The molecule has 1 heterocycles. The summed E-state index contributed by atoms with van der Waals surface area (Å²) in [6.45, 7) is 1.94. The van der Waals surface area contributed by atoms with Crippen molar-refractivity contribution < 1.29 is 5.11 Å². The molecule has 1 aromatic heterocycles. The topological polar surface area (TPSA) is 38.0 Å². The smallest absolute Gasteiger partial charge is 0.141 e. The molecule has 4 heteroatoms. The van der Waals surface area contributed by atoms with E-state index in [-0.39, 0.29) is 5.75 Å². The largest absolute Gasteiger partial charge is 0.506 e. The highest BCUT2D eigenvalue weighted by Gasteiger charge is 2.06. The second kappa shape index (κ2) is 3.46. The molecule has 72 valence electrons. The molecule has 0 saturated heterocycles. The second-order valence-electron chi connectivity index (χ2n) is 3.02. The number of rotatable bonds is 1. The summed E-state index contributed by atoms with van der Waals surface area (Å²) in [7, 11) is 0. The minimum Gasteiger partial charge on any atom is -0.506 e. The van der Waals surface area contributed by atoms with E-state index in [1.807, 2.05) is 19.1 Å². The molecule has 3 nitrogen and oxygen atoms in total. The lowest BCUT2D eigenvalue weighted by Gasteiger charge is -2.06. The molecule has 0 amide bonds. The first-order valence-corrected chi connectivity index (χ1v) is 4.97. The SMILES string of the molecule is Cc1ccnn1-c1cc(Br)ccc1O. The molecule has 0 fully saturated rings. The zero-order valence-corrected chi connectivity index (χ0v) is 9.19. The number of halogens is 1. The molecule has 0 aliphatic rings. The van der Waals surface area contributed by atoms with Gasteiger partial charge in [0.2, 0.25) is 0 Å². The third-order valence-electron chi connectivity index (χ3n) is 2.00. The maximum Gasteiger partial charge on any atom is 0.141 e. The Balaban J connectivity index is 2.62. The highest BCUT2D eigenvalue weighted by Crippen LogP contribution is 2.25. The van der Waals surface area contributed by atoms with Crippen molar-refractivity contribution in [1.82, 2.24) is 9.78 Å². The van der Waals surface area contributed by atoms with Gasteiger partial charge in [-0.25, -0.2) is 4.68 Å². The summed E-state index contributed by atoms with van der Waals surface area (Å²) < 4.78 is 2.61. The molecular weight excluding hydrogens is 244 g/mol. The first kappa shape index (κ1) is 9.27. The van der Waals surface area contributed by atoms with E-state index in [0.29, 0.717) is 5.69 Å². The molecule has 0 atom stereocenters. The first-order valence-electron chi connectivity index (χ1n) is 4.18. The van der Waals surface area contributed by atoms with Crippen LogP contribution in [0.1, 0.15) is 5.69 Å². The van der Waals surface area contributed by atoms with E-state index < -0.39 is 0 Å². The van der Waals surface area contributed by atoms with Crippen LogP contribution in [0.5, 0.6) is 5.75 Å². The van der Waals surface area contributed by atoms with E-state index in [1.165, 1.54) is 0 Å². The number of hydrogen-bond donors (Lipinski definition) is 1. The zero-order valence-electron chi connectivity index (χ0n) is 7.61. The van der Waals surface area contributed by atoms with Crippen molar-refractivity contribution in [3.8, 4) is 11.4 Å². The Kier molecular flexibility index (Phi) is 2.29. The van der Waals surface area contributed by atoms with E-state index in [4.69, 9.17) is 0 Å². The Morgan fingerprint density at radius 3 is 2.79 bits per heavy atom. The van der Waals surface area contributed by atoms with Crippen LogP contribution in [0.2, 0.25) is 0 Å². The van der Waals surface area contributed by atoms with Gasteiger partial charge in [0.1, 0.15) is 11.4 Å². The minimum absolute atomic E-state index is 0.222. The normalized spacial score (nSPS) is 10.4. The van der Waals surface area contributed by atoms with Crippen molar-refractivity contribution >= 4 is 15.9 Å². The van der Waals surface area contributed by atoms with Crippen LogP contribution >= 0.6 is 15.9 Å². The Hall–Kier alpha value is -1.29. The van der Waals surface area contributed by atoms with Gasteiger partial charge in [0, 0.05) is 16.4 Å². The molecule has 0 bridgehead atoms. The summed E-state index contributed by atoms with van der Waals surface area (Å²) >= 11 is 3.35. The van der Waals surface area contributed by atoms with Gasteiger partial charge in [-0.3, -0.25) is 0 Å². The summed E-state index contributed by atoms with van der Waals surface area (Å²) in [4.78, 5) is 0. The van der Waals surface area contributed by atoms with Crippen LogP contribution in [0.3, 0.4) is 0 Å². The van der Waals surface area contributed by atoms with Crippen LogP contribution < -0.4 is 0 Å². The number of hydrogen-bond acceptors (Lipinski definition) is 2. The van der Waals surface area contributed by atoms with Gasteiger partial charge in [-0.2, -0.15) is 5.10 Å². The summed E-state index contributed by atoms with van der Waals surface area (Å²) in [6, 6.07) is 7.15. The molecule has 2 rings (SSSR count). The number of aromatic nitrogens is 2. The monoisotopic (exact) mass is 252 g/mol. The molecule has 0 aliphatic heterocycles. The number of benzene rings is 1. The van der Waals surface area contributed by atoms with Gasteiger partial charge in [-0.15, -0.1) is 0 Å². The highest BCUT2D eigenvalue weighted by molar-refractivity contribution is 9.10. The predicted octanol–water partition coefficient (Wildman–Crippen LogP) is 2.65. The quantitative estimate of drug-likeness (QED) is 0.848. The van der Waals surface area contributed by atoms with E-state index in [0.717, 1.165) is 10.2 Å². The van der Waals surface area contributed by atoms with Crippen molar-refractivity contribution in [3.05, 3.63) is 40.6 Å². The number of phenolic OH excluding ortho intramolecular Hbond substituents is 1. The number of aryl methyl sites for hydroxylation is 1. The van der Waals surface area contributed by atoms with Gasteiger partial charge in [0.15, 0.2) is 0 Å². The molecule has 0 unspecified atom stereocenters. The average molecular weight is 253 g/mol. The Bertz CT molecular complexity index is 465. The Morgan fingerprint density at radius 1 is 1.36 bits per heavy atom. The van der Waals surface area contributed by atoms with Crippen LogP contribution in [0.25, 0.3) is 5.69 Å². The van der Waals surface area contributed by atoms with Gasteiger partial charge in [0.05, 0.1) is 0 Å². The molecule has 2 aromatic rings. The van der Waals surface area contributed by atoms with Crippen molar-refractivity contribution in [2.24, 2.45) is 0 Å². The fraction of sp³-hybridized carbons (Fsp3) is 0.100. The van der Waals surface area contributed by atoms with Crippen LogP contribution in [-0.2, 0) is 0 Å².